The minimum atomic E-state index is -0.738. The zero-order valence-corrected chi connectivity index (χ0v) is 22.9. The molecule has 11 nitrogen and oxygen atoms in total. The lowest BCUT2D eigenvalue weighted by molar-refractivity contribution is -0.141. The van der Waals surface area contributed by atoms with Gasteiger partial charge in [-0.1, -0.05) is 43.2 Å². The average molecular weight is 546 g/mol. The summed E-state index contributed by atoms with van der Waals surface area (Å²) < 4.78 is 21.3. The first-order chi connectivity index (χ1) is 19.1. The quantitative estimate of drug-likeness (QED) is 0.0699. The van der Waals surface area contributed by atoms with Crippen LogP contribution >= 0.6 is 0 Å². The monoisotopic (exact) mass is 545 g/mol. The molecule has 2 atom stereocenters. The van der Waals surface area contributed by atoms with Gasteiger partial charge in [0.15, 0.2) is 0 Å². The van der Waals surface area contributed by atoms with E-state index >= 15 is 0 Å². The van der Waals surface area contributed by atoms with Gasteiger partial charge in [-0.05, 0) is 31.4 Å². The second-order valence-electron chi connectivity index (χ2n) is 9.13. The van der Waals surface area contributed by atoms with Gasteiger partial charge in [0.1, 0.15) is 6.61 Å². The summed E-state index contributed by atoms with van der Waals surface area (Å²) in [6, 6.07) is 10.4. The molecule has 0 bridgehead atoms. The minimum absolute atomic E-state index is 0.0286. The highest BCUT2D eigenvalue weighted by molar-refractivity contribution is 6.39. The third kappa shape index (κ3) is 15.3. The average Bonchev–Trinajstić information content (AvgIpc) is 3.36. The number of carbonyl (C=O) groups excluding carboxylic acids is 2. The number of unbranched alkanes of at least 4 members (excludes halogenated alkanes) is 2. The Bertz CT molecular complexity index is 907. The summed E-state index contributed by atoms with van der Waals surface area (Å²) >= 11 is 0. The molecule has 1 saturated heterocycles. The van der Waals surface area contributed by atoms with Crippen molar-refractivity contribution in [2.24, 2.45) is 0 Å². The maximum atomic E-state index is 12.0. The Balaban J connectivity index is 1.33. The Morgan fingerprint density at radius 2 is 1.67 bits per heavy atom. The fraction of sp³-hybridized carbons (Fsp3) is 0.607. The van der Waals surface area contributed by atoms with Gasteiger partial charge in [-0.2, -0.15) is 4.79 Å². The second kappa shape index (κ2) is 21.0. The van der Waals surface area contributed by atoms with Gasteiger partial charge in [-0.25, -0.2) is 4.79 Å². The Kier molecular flexibility index (Phi) is 17.4. The Morgan fingerprint density at radius 3 is 2.33 bits per heavy atom. The molecule has 1 aliphatic rings. The smallest absolute Gasteiger partial charge is 0.421 e. The second-order valence-corrected chi connectivity index (χ2v) is 9.13. The standard InChI is InChI=1S/C28H43N5O6/c1-23-25(32-22-31-23)10-6-3-7-11-27(34)30-14-15-36-16-17-37-18-19-38-20-21-39-28(35)26(33-29)13-12-24-8-4-2-5-9-24/h2,4-5,8-9,12-13,23,25,31-32H,3,6-7,10-11,14-22H2,1H3,(H,30,34)/b13-12+/t23-,25+/m0/s1. The lowest BCUT2D eigenvalue weighted by atomic mass is 10.0. The summed E-state index contributed by atoms with van der Waals surface area (Å²) in [6.07, 6.45) is 7.84. The Morgan fingerprint density at radius 1 is 0.974 bits per heavy atom. The lowest BCUT2D eigenvalue weighted by Gasteiger charge is -2.14. The summed E-state index contributed by atoms with van der Waals surface area (Å²) in [7, 11) is 0. The molecule has 0 saturated carbocycles. The van der Waals surface area contributed by atoms with E-state index in [2.05, 4.69) is 27.7 Å². The number of amides is 1. The van der Waals surface area contributed by atoms with E-state index in [1.165, 1.54) is 6.08 Å². The van der Waals surface area contributed by atoms with Gasteiger partial charge in [0.05, 0.1) is 39.6 Å². The summed E-state index contributed by atoms with van der Waals surface area (Å²) in [5.74, 6) is -0.673. The van der Waals surface area contributed by atoms with Gasteiger partial charge in [0.25, 0.3) is 0 Å². The SMILES string of the molecule is C[C@@H]1NCN[C@@H]1CCCCCC(=O)NCCOCCOCCOCCOC(=O)C(/C=C/c1ccccc1)=[N+]=[N-]. The maximum Gasteiger partial charge on any atom is 0.421 e. The Hall–Kier alpha value is -2.92. The van der Waals surface area contributed by atoms with Crippen molar-refractivity contribution in [1.82, 2.24) is 16.0 Å². The van der Waals surface area contributed by atoms with Crippen molar-refractivity contribution in [1.29, 1.82) is 0 Å². The van der Waals surface area contributed by atoms with E-state index in [1.54, 1.807) is 6.08 Å². The van der Waals surface area contributed by atoms with Crippen molar-refractivity contribution in [3.63, 3.8) is 0 Å². The molecule has 0 spiro atoms. The van der Waals surface area contributed by atoms with Crippen LogP contribution in [0.2, 0.25) is 0 Å². The van der Waals surface area contributed by atoms with Crippen LogP contribution in [0.5, 0.6) is 0 Å². The molecule has 1 aromatic rings. The molecule has 216 valence electrons. The third-order valence-corrected chi connectivity index (χ3v) is 6.13. The van der Waals surface area contributed by atoms with Crippen molar-refractivity contribution in [2.75, 3.05) is 59.5 Å². The largest absolute Gasteiger partial charge is 0.454 e. The van der Waals surface area contributed by atoms with Crippen LogP contribution in [0.4, 0.5) is 0 Å². The van der Waals surface area contributed by atoms with Gasteiger partial charge in [-0.15, -0.1) is 0 Å². The number of esters is 1. The molecule has 1 heterocycles. The van der Waals surface area contributed by atoms with E-state index in [9.17, 15) is 9.59 Å². The number of nitrogens with zero attached hydrogens (tertiary/aromatic N) is 2. The molecule has 2 rings (SSSR count). The number of hydrogen-bond donors (Lipinski definition) is 3. The van der Waals surface area contributed by atoms with Gasteiger partial charge in [0.2, 0.25) is 5.91 Å². The summed E-state index contributed by atoms with van der Waals surface area (Å²) in [5, 5.41) is 9.69. The Labute approximate surface area is 231 Å². The highest BCUT2D eigenvalue weighted by atomic mass is 16.6. The predicted octanol–water partition coefficient (Wildman–Crippen LogP) is 1.94. The molecule has 1 fully saturated rings. The normalized spacial score (nSPS) is 16.7. The van der Waals surface area contributed by atoms with Gasteiger partial charge < -0.3 is 40.4 Å². The van der Waals surface area contributed by atoms with Crippen molar-refractivity contribution >= 4 is 23.7 Å². The molecule has 1 aromatic carbocycles. The molecule has 0 aromatic heterocycles. The first-order valence-electron chi connectivity index (χ1n) is 13.7. The lowest BCUT2D eigenvalue weighted by Crippen LogP contribution is -2.30. The fourth-order valence-corrected chi connectivity index (χ4v) is 3.89. The predicted molar refractivity (Wildman–Crippen MR) is 148 cm³/mol. The first kappa shape index (κ1) is 32.3. The molecule has 3 N–H and O–H groups in total. The molecule has 1 aliphatic heterocycles. The molecule has 0 aliphatic carbocycles. The summed E-state index contributed by atoms with van der Waals surface area (Å²) in [6.45, 7) is 5.80. The van der Waals surface area contributed by atoms with Crippen molar-refractivity contribution in [2.45, 2.75) is 51.1 Å². The van der Waals surface area contributed by atoms with Crippen LogP contribution in [0.25, 0.3) is 11.6 Å². The summed E-state index contributed by atoms with van der Waals surface area (Å²) in [5.41, 5.74) is 9.70. The van der Waals surface area contributed by atoms with Crippen LogP contribution < -0.4 is 16.0 Å². The summed E-state index contributed by atoms with van der Waals surface area (Å²) in [4.78, 5) is 26.8. The third-order valence-electron chi connectivity index (χ3n) is 6.13. The van der Waals surface area contributed by atoms with Crippen LogP contribution in [0, 0.1) is 0 Å². The van der Waals surface area contributed by atoms with Crippen molar-refractivity contribution < 1.29 is 33.3 Å². The van der Waals surface area contributed by atoms with Gasteiger partial charge in [0, 0.05) is 37.8 Å². The number of hydrogen-bond acceptors (Lipinski definition) is 8. The number of rotatable bonds is 21. The minimum Gasteiger partial charge on any atom is -0.454 e. The molecular weight excluding hydrogens is 502 g/mol. The molecule has 0 radical (unpaired) electrons. The molecule has 39 heavy (non-hydrogen) atoms. The van der Waals surface area contributed by atoms with Crippen LogP contribution in [0.15, 0.2) is 36.4 Å². The highest BCUT2D eigenvalue weighted by Crippen LogP contribution is 2.10. The van der Waals surface area contributed by atoms with E-state index in [0.29, 0.717) is 58.1 Å². The van der Waals surface area contributed by atoms with Crippen molar-refractivity contribution in [3.05, 3.63) is 47.5 Å². The van der Waals surface area contributed by atoms with Crippen LogP contribution in [0.3, 0.4) is 0 Å². The highest BCUT2D eigenvalue weighted by Gasteiger charge is 2.21. The topological polar surface area (TPSA) is 144 Å². The van der Waals surface area contributed by atoms with E-state index in [1.807, 2.05) is 30.3 Å². The van der Waals surface area contributed by atoms with E-state index < -0.39 is 5.97 Å². The zero-order valence-electron chi connectivity index (χ0n) is 22.9. The molecular formula is C28H43N5O6. The van der Waals surface area contributed by atoms with Gasteiger partial charge >= 0.3 is 11.7 Å². The van der Waals surface area contributed by atoms with E-state index in [-0.39, 0.29) is 24.8 Å². The number of carbonyl (C=O) groups is 2. The number of ether oxygens (including phenoxy) is 4. The van der Waals surface area contributed by atoms with E-state index in [4.69, 9.17) is 24.5 Å². The van der Waals surface area contributed by atoms with E-state index in [0.717, 1.165) is 37.9 Å². The van der Waals surface area contributed by atoms with Crippen LogP contribution in [-0.4, -0.2) is 93.9 Å². The zero-order chi connectivity index (χ0) is 28.0. The maximum absolute atomic E-state index is 12.0. The van der Waals surface area contributed by atoms with Gasteiger partial charge in [-0.3, -0.25) is 4.79 Å². The molecule has 0 unspecified atom stereocenters. The van der Waals surface area contributed by atoms with Crippen molar-refractivity contribution in [3.8, 4) is 0 Å². The number of nitrogens with one attached hydrogen (secondary N) is 3. The first-order valence-corrected chi connectivity index (χ1v) is 13.7. The molecule has 1 amide bonds. The number of benzene rings is 1. The molecule has 11 heteroatoms. The fourth-order valence-electron chi connectivity index (χ4n) is 3.89. The van der Waals surface area contributed by atoms with Crippen LogP contribution in [0.1, 0.15) is 44.6 Å². The van der Waals surface area contributed by atoms with Crippen LogP contribution in [-0.2, 0) is 28.5 Å².